The van der Waals surface area contributed by atoms with Gasteiger partial charge in [-0.25, -0.2) is 0 Å². The molecule has 272 valence electrons. The predicted molar refractivity (Wildman–Crippen MR) is 245 cm³/mol. The number of rotatable bonds is 4. The summed E-state index contributed by atoms with van der Waals surface area (Å²) in [6.07, 6.45) is 7.26. The zero-order valence-corrected chi connectivity index (χ0v) is 33.6. The van der Waals surface area contributed by atoms with Gasteiger partial charge in [0, 0.05) is 0 Å². The molecule has 10 aromatic rings. The second-order valence-electron chi connectivity index (χ2n) is 17.5. The summed E-state index contributed by atoms with van der Waals surface area (Å²) in [5, 5.41) is 14.0. The van der Waals surface area contributed by atoms with Crippen molar-refractivity contribution in [2.24, 2.45) is 23.7 Å². The van der Waals surface area contributed by atoms with E-state index in [9.17, 15) is 0 Å². The van der Waals surface area contributed by atoms with Gasteiger partial charge in [-0.1, -0.05) is 0 Å². The molecule has 1 heterocycles. The Labute approximate surface area is 339 Å². The van der Waals surface area contributed by atoms with Crippen LogP contribution in [0.3, 0.4) is 0 Å². The zero-order chi connectivity index (χ0) is 37.2. The molecular formula is C56H42Se. The van der Waals surface area contributed by atoms with Gasteiger partial charge in [0.25, 0.3) is 0 Å². The third kappa shape index (κ3) is 4.74. The van der Waals surface area contributed by atoms with Gasteiger partial charge in [-0.05, 0) is 0 Å². The monoisotopic (exact) mass is 794 g/mol. The van der Waals surface area contributed by atoms with Crippen LogP contribution in [0.1, 0.15) is 43.6 Å². The molecule has 4 saturated carbocycles. The first-order chi connectivity index (χ1) is 28.3. The van der Waals surface area contributed by atoms with Gasteiger partial charge in [0.1, 0.15) is 0 Å². The summed E-state index contributed by atoms with van der Waals surface area (Å²) in [7, 11) is 0. The van der Waals surface area contributed by atoms with Crippen LogP contribution in [0.15, 0.2) is 164 Å². The summed E-state index contributed by atoms with van der Waals surface area (Å²) >= 11 is 0.162. The van der Waals surface area contributed by atoms with E-state index in [4.69, 9.17) is 0 Å². The minimum atomic E-state index is 0.162. The van der Waals surface area contributed by atoms with Crippen LogP contribution in [-0.2, 0) is 0 Å². The van der Waals surface area contributed by atoms with E-state index in [1.165, 1.54) is 128 Å². The summed E-state index contributed by atoms with van der Waals surface area (Å²) in [5.74, 6) is 4.30. The van der Waals surface area contributed by atoms with Crippen molar-refractivity contribution in [1.29, 1.82) is 0 Å². The Bertz CT molecular complexity index is 3110. The van der Waals surface area contributed by atoms with Gasteiger partial charge in [-0.2, -0.15) is 0 Å². The SMILES string of the molecule is c1ccc(-c2c3ccccc3c(-c3cccc4[se]c5c(-c6c7ccccc7c(C7C8CC9CC(C8)CC7C9)c7ccccc67)cccc5c34)c3ccccc23)cc1. The summed E-state index contributed by atoms with van der Waals surface area (Å²) < 4.78 is 3.02. The molecule has 1 aromatic heterocycles. The second-order valence-corrected chi connectivity index (χ2v) is 19.7. The average molecular weight is 794 g/mol. The molecule has 0 saturated heterocycles. The Morgan fingerprint density at radius 1 is 0.351 bits per heavy atom. The molecule has 4 aliphatic rings. The normalized spacial score (nSPS) is 21.5. The van der Waals surface area contributed by atoms with Crippen LogP contribution in [0.4, 0.5) is 0 Å². The van der Waals surface area contributed by atoms with Crippen LogP contribution in [-0.4, -0.2) is 14.5 Å². The van der Waals surface area contributed by atoms with E-state index in [-0.39, 0.29) is 14.5 Å². The minimum absolute atomic E-state index is 0.162. The fourth-order valence-electron chi connectivity index (χ4n) is 12.8. The van der Waals surface area contributed by atoms with Crippen molar-refractivity contribution in [3.05, 3.63) is 169 Å². The van der Waals surface area contributed by atoms with Crippen molar-refractivity contribution in [2.45, 2.75) is 38.0 Å². The fraction of sp³-hybridized carbons (Fsp3) is 0.179. The molecule has 0 atom stereocenters. The van der Waals surface area contributed by atoms with Crippen molar-refractivity contribution in [3.63, 3.8) is 0 Å². The zero-order valence-electron chi connectivity index (χ0n) is 31.9. The molecule has 4 aliphatic carbocycles. The summed E-state index contributed by atoms with van der Waals surface area (Å²) in [4.78, 5) is 0. The number of hydrogen-bond donors (Lipinski definition) is 0. The third-order valence-corrected chi connectivity index (χ3v) is 17.1. The molecule has 0 unspecified atom stereocenters. The Balaban J connectivity index is 1.08. The van der Waals surface area contributed by atoms with Crippen molar-refractivity contribution in [2.75, 3.05) is 0 Å². The molecule has 0 nitrogen and oxygen atoms in total. The molecule has 0 N–H and O–H groups in total. The maximum atomic E-state index is 2.47. The Morgan fingerprint density at radius 2 is 0.789 bits per heavy atom. The van der Waals surface area contributed by atoms with Crippen molar-refractivity contribution >= 4 is 76.9 Å². The third-order valence-electron chi connectivity index (χ3n) is 14.6. The molecule has 4 bridgehead atoms. The molecule has 0 amide bonds. The molecule has 0 aliphatic heterocycles. The number of fused-ring (bicyclic) bond motifs is 7. The van der Waals surface area contributed by atoms with Gasteiger partial charge < -0.3 is 0 Å². The fourth-order valence-corrected chi connectivity index (χ4v) is 15.4. The van der Waals surface area contributed by atoms with E-state index in [2.05, 4.69) is 164 Å². The maximum absolute atomic E-state index is 2.47. The average Bonchev–Trinajstić information content (AvgIpc) is 3.65. The second kappa shape index (κ2) is 12.5. The standard InChI is InChI=1S/C56H42Se/c1-2-14-35(15-3-1)51-38-16-4-6-18-40(38)52(41-19-7-5-17-39(41)51)46-24-13-27-49-54(46)48-26-12-25-47(56(48)57-49)53-42-20-8-10-22-44(42)55(45-23-11-9-21-43(45)53)50-36-29-33-28-34(31-36)32-37(50)30-33/h1-27,33-34,36-37,50H,28-32H2. The summed E-state index contributed by atoms with van der Waals surface area (Å²) in [5.41, 5.74) is 9.81. The van der Waals surface area contributed by atoms with Crippen LogP contribution >= 0.6 is 0 Å². The molecule has 0 spiro atoms. The van der Waals surface area contributed by atoms with Crippen LogP contribution in [0, 0.1) is 23.7 Å². The van der Waals surface area contributed by atoms with E-state index in [0.29, 0.717) is 5.92 Å². The molecule has 1 heteroatoms. The van der Waals surface area contributed by atoms with Crippen LogP contribution in [0.5, 0.6) is 0 Å². The van der Waals surface area contributed by atoms with E-state index in [1.54, 1.807) is 5.56 Å². The van der Waals surface area contributed by atoms with Gasteiger partial charge in [-0.15, -0.1) is 0 Å². The molecule has 14 rings (SSSR count). The van der Waals surface area contributed by atoms with Gasteiger partial charge in [-0.3, -0.25) is 0 Å². The molecule has 9 aromatic carbocycles. The quantitative estimate of drug-likeness (QED) is 0.123. The summed E-state index contributed by atoms with van der Waals surface area (Å²) in [6, 6.07) is 62.6. The van der Waals surface area contributed by atoms with E-state index >= 15 is 0 Å². The van der Waals surface area contributed by atoms with Gasteiger partial charge in [0.05, 0.1) is 0 Å². The van der Waals surface area contributed by atoms with Gasteiger partial charge >= 0.3 is 341 Å². The predicted octanol–water partition coefficient (Wildman–Crippen LogP) is 15.2. The van der Waals surface area contributed by atoms with Crippen molar-refractivity contribution in [1.82, 2.24) is 0 Å². The van der Waals surface area contributed by atoms with E-state index in [0.717, 1.165) is 23.7 Å². The Morgan fingerprint density at radius 3 is 1.37 bits per heavy atom. The first kappa shape index (κ1) is 32.6. The molecule has 0 radical (unpaired) electrons. The molecular weight excluding hydrogens is 752 g/mol. The van der Waals surface area contributed by atoms with Crippen LogP contribution in [0.2, 0.25) is 0 Å². The topological polar surface area (TPSA) is 0 Å². The molecule has 4 fully saturated rings. The van der Waals surface area contributed by atoms with E-state index in [1.807, 2.05) is 0 Å². The van der Waals surface area contributed by atoms with Gasteiger partial charge in [0.15, 0.2) is 0 Å². The van der Waals surface area contributed by atoms with Crippen molar-refractivity contribution < 1.29 is 0 Å². The van der Waals surface area contributed by atoms with E-state index < -0.39 is 0 Å². The number of hydrogen-bond acceptors (Lipinski definition) is 0. The first-order valence-corrected chi connectivity index (χ1v) is 22.9. The number of benzene rings is 9. The van der Waals surface area contributed by atoms with Crippen LogP contribution < -0.4 is 0 Å². The van der Waals surface area contributed by atoms with Gasteiger partial charge in [0.2, 0.25) is 0 Å². The summed E-state index contributed by atoms with van der Waals surface area (Å²) in [6.45, 7) is 0. The Hall–Kier alpha value is -5.46. The first-order valence-electron chi connectivity index (χ1n) is 21.2. The molecule has 57 heavy (non-hydrogen) atoms. The van der Waals surface area contributed by atoms with Crippen LogP contribution in [0.25, 0.3) is 95.8 Å². The Kier molecular flexibility index (Phi) is 7.16. The van der Waals surface area contributed by atoms with Crippen molar-refractivity contribution in [3.8, 4) is 33.4 Å².